The quantitative estimate of drug-likeness (QED) is 0.828. The van der Waals surface area contributed by atoms with Gasteiger partial charge in [-0.2, -0.15) is 0 Å². The molecule has 0 aromatic heterocycles. The Hall–Kier alpha value is -0.0800. The number of nitrogens with zero attached hydrogens (tertiary/aromatic N) is 1. The van der Waals surface area contributed by atoms with E-state index in [1.54, 1.807) is 0 Å². The van der Waals surface area contributed by atoms with Crippen molar-refractivity contribution in [2.24, 2.45) is 11.8 Å². The van der Waals surface area contributed by atoms with Gasteiger partial charge < -0.3 is 5.32 Å². The van der Waals surface area contributed by atoms with Crippen molar-refractivity contribution in [3.05, 3.63) is 0 Å². The molecule has 1 spiro atoms. The van der Waals surface area contributed by atoms with Gasteiger partial charge >= 0.3 is 0 Å². The van der Waals surface area contributed by atoms with Crippen LogP contribution in [0.25, 0.3) is 0 Å². The van der Waals surface area contributed by atoms with E-state index in [0.29, 0.717) is 5.54 Å². The second-order valence-electron chi connectivity index (χ2n) is 7.41. The summed E-state index contributed by atoms with van der Waals surface area (Å²) in [6.07, 6.45) is 10.2. The third-order valence-electron chi connectivity index (χ3n) is 5.34. The Morgan fingerprint density at radius 3 is 2.50 bits per heavy atom. The Bertz CT molecular complexity index is 277. The maximum absolute atomic E-state index is 3.90. The fraction of sp³-hybridized carbons (Fsp3) is 1.00. The van der Waals surface area contributed by atoms with Gasteiger partial charge in [0.05, 0.1) is 0 Å². The molecule has 18 heavy (non-hydrogen) atoms. The van der Waals surface area contributed by atoms with Crippen molar-refractivity contribution in [1.29, 1.82) is 0 Å². The average Bonchev–Trinajstić information content (AvgIpc) is 3.17. The number of nitrogens with one attached hydrogen (secondary N) is 1. The first-order chi connectivity index (χ1) is 8.70. The van der Waals surface area contributed by atoms with E-state index in [-0.39, 0.29) is 0 Å². The number of piperazine rings is 1. The molecular weight excluding hydrogens is 220 g/mol. The van der Waals surface area contributed by atoms with Crippen LogP contribution in [0, 0.1) is 11.8 Å². The van der Waals surface area contributed by atoms with E-state index in [4.69, 9.17) is 0 Å². The lowest BCUT2D eigenvalue weighted by Gasteiger charge is -2.53. The lowest BCUT2D eigenvalue weighted by atomic mass is 9.77. The molecule has 0 bridgehead atoms. The van der Waals surface area contributed by atoms with Gasteiger partial charge in [-0.1, -0.05) is 33.1 Å². The molecule has 1 aliphatic heterocycles. The minimum Gasteiger partial charge on any atom is -0.311 e. The maximum Gasteiger partial charge on any atom is 0.0334 e. The second-order valence-corrected chi connectivity index (χ2v) is 7.41. The van der Waals surface area contributed by atoms with E-state index in [9.17, 15) is 0 Å². The van der Waals surface area contributed by atoms with Crippen molar-refractivity contribution >= 4 is 0 Å². The fourth-order valence-corrected chi connectivity index (χ4v) is 4.15. The van der Waals surface area contributed by atoms with Gasteiger partial charge in [-0.3, -0.25) is 4.90 Å². The van der Waals surface area contributed by atoms with E-state index >= 15 is 0 Å². The van der Waals surface area contributed by atoms with Crippen LogP contribution >= 0.6 is 0 Å². The Morgan fingerprint density at radius 2 is 1.89 bits per heavy atom. The van der Waals surface area contributed by atoms with Gasteiger partial charge in [0.1, 0.15) is 0 Å². The Labute approximate surface area is 113 Å². The molecule has 3 aliphatic rings. The van der Waals surface area contributed by atoms with Crippen molar-refractivity contribution in [2.45, 2.75) is 70.4 Å². The molecule has 1 unspecified atom stereocenters. The molecule has 2 heteroatoms. The van der Waals surface area contributed by atoms with Crippen LogP contribution in [0.1, 0.15) is 58.8 Å². The molecule has 0 radical (unpaired) electrons. The molecule has 1 saturated heterocycles. The molecule has 2 nitrogen and oxygen atoms in total. The Kier molecular flexibility index (Phi) is 3.68. The van der Waals surface area contributed by atoms with Crippen LogP contribution < -0.4 is 5.32 Å². The number of rotatable bonds is 3. The molecule has 2 aliphatic carbocycles. The SMILES string of the molecule is CC(C)CN1CC(C2CC2)NCC12CCCCC2. The Morgan fingerprint density at radius 1 is 1.17 bits per heavy atom. The van der Waals surface area contributed by atoms with Crippen LogP contribution in [0.2, 0.25) is 0 Å². The number of hydrogen-bond acceptors (Lipinski definition) is 2. The van der Waals surface area contributed by atoms with Crippen LogP contribution in [-0.4, -0.2) is 36.1 Å². The van der Waals surface area contributed by atoms with Crippen LogP contribution in [0.5, 0.6) is 0 Å². The van der Waals surface area contributed by atoms with Gasteiger partial charge in [0.25, 0.3) is 0 Å². The van der Waals surface area contributed by atoms with Crippen LogP contribution in [-0.2, 0) is 0 Å². The van der Waals surface area contributed by atoms with Crippen LogP contribution in [0.4, 0.5) is 0 Å². The van der Waals surface area contributed by atoms with Crippen molar-refractivity contribution < 1.29 is 0 Å². The normalized spacial score (nSPS) is 33.2. The molecule has 1 heterocycles. The largest absolute Gasteiger partial charge is 0.311 e. The first-order valence-corrected chi connectivity index (χ1v) is 8.18. The van der Waals surface area contributed by atoms with Gasteiger partial charge in [-0.25, -0.2) is 0 Å². The lowest BCUT2D eigenvalue weighted by molar-refractivity contribution is -0.00161. The summed E-state index contributed by atoms with van der Waals surface area (Å²) in [6, 6.07) is 0.802. The van der Waals surface area contributed by atoms with Gasteiger partial charge in [0.2, 0.25) is 0 Å². The van der Waals surface area contributed by atoms with E-state index in [0.717, 1.165) is 17.9 Å². The molecular formula is C16H30N2. The monoisotopic (exact) mass is 250 g/mol. The van der Waals surface area contributed by atoms with Crippen molar-refractivity contribution in [1.82, 2.24) is 10.2 Å². The van der Waals surface area contributed by atoms with Gasteiger partial charge in [-0.15, -0.1) is 0 Å². The standard InChI is InChI=1S/C16H30N2/c1-13(2)10-18-11-15(14-6-7-14)17-12-16(18)8-4-3-5-9-16/h13-15,17H,3-12H2,1-2H3. The molecule has 1 atom stereocenters. The zero-order chi connectivity index (χ0) is 12.6. The van der Waals surface area contributed by atoms with Crippen molar-refractivity contribution in [2.75, 3.05) is 19.6 Å². The molecule has 0 aromatic carbocycles. The van der Waals surface area contributed by atoms with Gasteiger partial charge in [-0.05, 0) is 37.5 Å². The Balaban J connectivity index is 1.70. The summed E-state index contributed by atoms with van der Waals surface area (Å²) in [5.41, 5.74) is 0.522. The maximum atomic E-state index is 3.90. The van der Waals surface area contributed by atoms with Crippen LogP contribution in [0.15, 0.2) is 0 Å². The highest BCUT2D eigenvalue weighted by atomic mass is 15.3. The topological polar surface area (TPSA) is 15.3 Å². The highest BCUT2D eigenvalue weighted by Gasteiger charge is 2.45. The van der Waals surface area contributed by atoms with Gasteiger partial charge in [0.15, 0.2) is 0 Å². The van der Waals surface area contributed by atoms with E-state index < -0.39 is 0 Å². The summed E-state index contributed by atoms with van der Waals surface area (Å²) in [6.45, 7) is 8.66. The highest BCUT2D eigenvalue weighted by molar-refractivity contribution is 5.03. The van der Waals surface area contributed by atoms with Crippen molar-refractivity contribution in [3.8, 4) is 0 Å². The summed E-state index contributed by atoms with van der Waals surface area (Å²) in [4.78, 5) is 2.89. The summed E-state index contributed by atoms with van der Waals surface area (Å²) in [5, 5.41) is 3.90. The van der Waals surface area contributed by atoms with E-state index in [1.165, 1.54) is 64.6 Å². The second kappa shape index (κ2) is 5.13. The van der Waals surface area contributed by atoms with Crippen LogP contribution in [0.3, 0.4) is 0 Å². The predicted octanol–water partition coefficient (Wildman–Crippen LogP) is 3.03. The van der Waals surface area contributed by atoms with Crippen molar-refractivity contribution in [3.63, 3.8) is 0 Å². The molecule has 2 saturated carbocycles. The lowest BCUT2D eigenvalue weighted by Crippen LogP contribution is -2.66. The molecule has 0 amide bonds. The molecule has 1 N–H and O–H groups in total. The number of hydrogen-bond donors (Lipinski definition) is 1. The summed E-state index contributed by atoms with van der Waals surface area (Å²) < 4.78 is 0. The zero-order valence-corrected chi connectivity index (χ0v) is 12.3. The smallest absolute Gasteiger partial charge is 0.0334 e. The minimum atomic E-state index is 0.522. The third-order valence-corrected chi connectivity index (χ3v) is 5.34. The summed E-state index contributed by atoms with van der Waals surface area (Å²) in [7, 11) is 0. The summed E-state index contributed by atoms with van der Waals surface area (Å²) in [5.74, 6) is 1.81. The highest BCUT2D eigenvalue weighted by Crippen LogP contribution is 2.40. The zero-order valence-electron chi connectivity index (χ0n) is 12.3. The first-order valence-electron chi connectivity index (χ1n) is 8.18. The molecule has 0 aromatic rings. The molecule has 104 valence electrons. The van der Waals surface area contributed by atoms with Gasteiger partial charge in [0, 0.05) is 31.2 Å². The minimum absolute atomic E-state index is 0.522. The third kappa shape index (κ3) is 2.60. The van der Waals surface area contributed by atoms with E-state index in [2.05, 4.69) is 24.1 Å². The first kappa shape index (κ1) is 12.9. The predicted molar refractivity (Wildman–Crippen MR) is 76.7 cm³/mol. The molecule has 3 rings (SSSR count). The van der Waals surface area contributed by atoms with E-state index in [1.807, 2.05) is 0 Å². The fourth-order valence-electron chi connectivity index (χ4n) is 4.15. The molecule has 3 fully saturated rings. The average molecular weight is 250 g/mol. The summed E-state index contributed by atoms with van der Waals surface area (Å²) >= 11 is 0.